The van der Waals surface area contributed by atoms with Crippen molar-refractivity contribution in [2.75, 3.05) is 0 Å². The predicted octanol–water partition coefficient (Wildman–Crippen LogP) is 4.10. The topological polar surface area (TPSA) is 35.5 Å². The van der Waals surface area contributed by atoms with Crippen molar-refractivity contribution in [2.45, 2.75) is 19.4 Å². The van der Waals surface area contributed by atoms with Crippen LogP contribution in [0.1, 0.15) is 12.5 Å². The van der Waals surface area contributed by atoms with Crippen LogP contribution in [0.2, 0.25) is 0 Å². The average Bonchev–Trinajstić information content (AvgIpc) is 2.73. The van der Waals surface area contributed by atoms with E-state index < -0.39 is 29.7 Å². The number of hydrogen-bond acceptors (Lipinski definition) is 3. The van der Waals surface area contributed by atoms with E-state index in [1.165, 1.54) is 13.0 Å². The molecule has 23 heavy (non-hydrogen) atoms. The van der Waals surface area contributed by atoms with Crippen LogP contribution in [-0.4, -0.2) is 18.3 Å². The molecule has 1 aromatic carbocycles. The summed E-state index contributed by atoms with van der Waals surface area (Å²) in [6.45, 7) is 1.44. The smallest absolute Gasteiger partial charge is 0.395 e. The maximum atomic E-state index is 13.0. The lowest BCUT2D eigenvalue weighted by atomic mass is 9.84. The molecule has 0 amide bonds. The summed E-state index contributed by atoms with van der Waals surface area (Å²) in [5, 5.41) is 0. The second kappa shape index (κ2) is 4.81. The number of allylic oxidation sites excluding steroid dienone is 4. The van der Waals surface area contributed by atoms with Crippen molar-refractivity contribution < 1.29 is 36.2 Å². The van der Waals surface area contributed by atoms with E-state index in [-0.39, 0.29) is 22.6 Å². The summed E-state index contributed by atoms with van der Waals surface area (Å²) >= 11 is 0. The molecule has 1 heterocycles. The Morgan fingerprint density at radius 3 is 2.39 bits per heavy atom. The third kappa shape index (κ3) is 2.80. The number of alkyl halides is 5. The van der Waals surface area contributed by atoms with Gasteiger partial charge in [0.05, 0.1) is 5.57 Å². The van der Waals surface area contributed by atoms with Crippen LogP contribution in [0, 0.1) is 5.92 Å². The molecule has 8 heteroatoms. The van der Waals surface area contributed by atoms with E-state index in [4.69, 9.17) is 0 Å². The number of rotatable bonds is 1. The predicted molar refractivity (Wildman–Crippen MR) is 68.9 cm³/mol. The van der Waals surface area contributed by atoms with Crippen molar-refractivity contribution in [1.82, 2.24) is 0 Å². The number of hydrogen-bond donors (Lipinski definition) is 0. The minimum atomic E-state index is -4.68. The second-order valence-corrected chi connectivity index (χ2v) is 5.15. The van der Waals surface area contributed by atoms with Crippen molar-refractivity contribution in [3.63, 3.8) is 0 Å². The van der Waals surface area contributed by atoms with Gasteiger partial charge in [0.2, 0.25) is 0 Å². The molecule has 122 valence electrons. The van der Waals surface area contributed by atoms with Gasteiger partial charge in [0.1, 0.15) is 0 Å². The van der Waals surface area contributed by atoms with E-state index in [1.54, 1.807) is 0 Å². The van der Waals surface area contributed by atoms with Gasteiger partial charge in [0.25, 0.3) is 0 Å². The van der Waals surface area contributed by atoms with Gasteiger partial charge in [0, 0.05) is 5.92 Å². The Balaban J connectivity index is 2.03. The molecule has 0 bridgehead atoms. The standard InChI is InChI=1S/C15H9F5O3/c1-7-10(5-9(6-11(7)21)14(16,17)18)8-2-3-12-13(4-8)23-15(19,20)22-12/h2-7H,1H3. The number of ether oxygens (including phenoxy) is 2. The van der Waals surface area contributed by atoms with Gasteiger partial charge in [-0.3, -0.25) is 4.79 Å². The Morgan fingerprint density at radius 2 is 1.74 bits per heavy atom. The SMILES string of the molecule is CC1C(=O)C=C(C(F)(F)F)C=C1c1ccc2c(c1)OC(F)(F)O2. The lowest BCUT2D eigenvalue weighted by Gasteiger charge is -2.21. The van der Waals surface area contributed by atoms with Crippen LogP contribution in [0.5, 0.6) is 11.5 Å². The van der Waals surface area contributed by atoms with E-state index in [9.17, 15) is 26.7 Å². The zero-order valence-electron chi connectivity index (χ0n) is 11.6. The molecule has 0 radical (unpaired) electrons. The van der Waals surface area contributed by atoms with Crippen molar-refractivity contribution in [3.05, 3.63) is 41.5 Å². The Labute approximate surface area is 127 Å². The third-order valence-corrected chi connectivity index (χ3v) is 3.56. The first-order valence-electron chi connectivity index (χ1n) is 6.51. The maximum absolute atomic E-state index is 13.0. The van der Waals surface area contributed by atoms with Crippen molar-refractivity contribution in [1.29, 1.82) is 0 Å². The zero-order chi connectivity index (χ0) is 17.0. The summed E-state index contributed by atoms with van der Waals surface area (Å²) in [6.07, 6.45) is -7.12. The van der Waals surface area contributed by atoms with Crippen molar-refractivity contribution >= 4 is 11.4 Å². The first kappa shape index (κ1) is 15.5. The van der Waals surface area contributed by atoms with Crippen LogP contribution in [0.25, 0.3) is 5.57 Å². The fourth-order valence-corrected chi connectivity index (χ4v) is 2.39. The highest BCUT2D eigenvalue weighted by molar-refractivity contribution is 6.04. The molecule has 0 N–H and O–H groups in total. The number of benzene rings is 1. The molecule has 1 unspecified atom stereocenters. The van der Waals surface area contributed by atoms with E-state index in [0.717, 1.165) is 18.2 Å². The van der Waals surface area contributed by atoms with E-state index in [1.807, 2.05) is 0 Å². The molecule has 1 atom stereocenters. The van der Waals surface area contributed by atoms with Crippen molar-refractivity contribution in [2.24, 2.45) is 5.92 Å². The van der Waals surface area contributed by atoms with E-state index >= 15 is 0 Å². The molecule has 0 saturated heterocycles. The minimum absolute atomic E-state index is 0.0754. The van der Waals surface area contributed by atoms with Crippen LogP contribution in [0.4, 0.5) is 22.0 Å². The van der Waals surface area contributed by atoms with Gasteiger partial charge in [-0.25, -0.2) is 0 Å². The van der Waals surface area contributed by atoms with Crippen LogP contribution in [0.3, 0.4) is 0 Å². The Kier molecular flexibility index (Phi) is 3.24. The van der Waals surface area contributed by atoms with E-state index in [0.29, 0.717) is 6.08 Å². The highest BCUT2D eigenvalue weighted by Crippen LogP contribution is 2.44. The quantitative estimate of drug-likeness (QED) is 0.727. The third-order valence-electron chi connectivity index (χ3n) is 3.56. The number of ketones is 1. The van der Waals surface area contributed by atoms with Crippen molar-refractivity contribution in [3.8, 4) is 11.5 Å². The Morgan fingerprint density at radius 1 is 1.09 bits per heavy atom. The Hall–Kier alpha value is -2.38. The zero-order valence-corrected chi connectivity index (χ0v) is 11.6. The fraction of sp³-hybridized carbons (Fsp3) is 0.267. The summed E-state index contributed by atoms with van der Waals surface area (Å²) in [6, 6.07) is 3.60. The van der Waals surface area contributed by atoms with Gasteiger partial charge in [-0.15, -0.1) is 8.78 Å². The summed E-state index contributed by atoms with van der Waals surface area (Å²) in [5.41, 5.74) is -0.828. The fourth-order valence-electron chi connectivity index (χ4n) is 2.39. The molecule has 2 aliphatic rings. The lowest BCUT2D eigenvalue weighted by Crippen LogP contribution is -2.25. The van der Waals surface area contributed by atoms with Crippen LogP contribution in [-0.2, 0) is 4.79 Å². The maximum Gasteiger partial charge on any atom is 0.586 e. The summed E-state index contributed by atoms with van der Waals surface area (Å²) in [7, 11) is 0. The average molecular weight is 332 g/mol. The molecule has 1 aliphatic heterocycles. The molecule has 0 fully saturated rings. The largest absolute Gasteiger partial charge is 0.586 e. The molecule has 3 rings (SSSR count). The summed E-state index contributed by atoms with van der Waals surface area (Å²) in [5.74, 6) is -2.06. The van der Waals surface area contributed by atoms with Gasteiger partial charge in [-0.05, 0) is 35.4 Å². The van der Waals surface area contributed by atoms with Gasteiger partial charge in [-0.2, -0.15) is 13.2 Å². The van der Waals surface area contributed by atoms with E-state index in [2.05, 4.69) is 9.47 Å². The first-order chi connectivity index (χ1) is 10.6. The van der Waals surface area contributed by atoms with Crippen LogP contribution in [0.15, 0.2) is 35.9 Å². The molecule has 0 aromatic heterocycles. The number of carbonyl (C=O) groups excluding carboxylic acids is 1. The van der Waals surface area contributed by atoms with Crippen LogP contribution < -0.4 is 9.47 Å². The lowest BCUT2D eigenvalue weighted by molar-refractivity contribution is -0.286. The molecular formula is C15H9F5O3. The molecular weight excluding hydrogens is 323 g/mol. The molecule has 0 spiro atoms. The Bertz CT molecular complexity index is 746. The molecule has 1 aliphatic carbocycles. The summed E-state index contributed by atoms with van der Waals surface area (Å²) < 4.78 is 73.0. The minimum Gasteiger partial charge on any atom is -0.395 e. The van der Waals surface area contributed by atoms with Crippen LogP contribution >= 0.6 is 0 Å². The molecule has 3 nitrogen and oxygen atoms in total. The highest BCUT2D eigenvalue weighted by Gasteiger charge is 2.44. The summed E-state index contributed by atoms with van der Waals surface area (Å²) in [4.78, 5) is 11.8. The number of fused-ring (bicyclic) bond motifs is 1. The monoisotopic (exact) mass is 332 g/mol. The first-order valence-corrected chi connectivity index (χ1v) is 6.51. The van der Waals surface area contributed by atoms with Gasteiger partial charge in [-0.1, -0.05) is 13.0 Å². The van der Waals surface area contributed by atoms with Gasteiger partial charge in [0.15, 0.2) is 17.3 Å². The second-order valence-electron chi connectivity index (χ2n) is 5.15. The normalized spacial score (nSPS) is 22.7. The molecule has 1 aromatic rings. The molecule has 0 saturated carbocycles. The number of carbonyl (C=O) groups is 1. The highest BCUT2D eigenvalue weighted by atomic mass is 19.4. The number of halogens is 5. The van der Waals surface area contributed by atoms with Gasteiger partial charge >= 0.3 is 12.5 Å². The van der Waals surface area contributed by atoms with Gasteiger partial charge < -0.3 is 9.47 Å².